The van der Waals surface area contributed by atoms with Gasteiger partial charge in [0.1, 0.15) is 0 Å². The predicted octanol–water partition coefficient (Wildman–Crippen LogP) is 3.80. The van der Waals surface area contributed by atoms with Gasteiger partial charge in [0.05, 0.1) is 5.69 Å². The quantitative estimate of drug-likeness (QED) is 0.654. The number of hydrogen-bond acceptors (Lipinski definition) is 4. The summed E-state index contributed by atoms with van der Waals surface area (Å²) in [4.78, 5) is 19.1. The Hall–Kier alpha value is -2.89. The third-order valence-electron chi connectivity index (χ3n) is 5.51. The van der Waals surface area contributed by atoms with E-state index in [0.29, 0.717) is 18.1 Å². The molecule has 1 aliphatic heterocycles. The molecule has 1 aromatic carbocycles. The highest BCUT2D eigenvalue weighted by Gasteiger charge is 2.27. The molecule has 0 spiro atoms. The first-order chi connectivity index (χ1) is 13.7. The Morgan fingerprint density at radius 1 is 1.14 bits per heavy atom. The normalized spacial score (nSPS) is 15.1. The Kier molecular flexibility index (Phi) is 5.55. The van der Waals surface area contributed by atoms with Crippen molar-refractivity contribution in [3.8, 4) is 11.5 Å². The smallest absolute Gasteiger partial charge is 0.230 e. The van der Waals surface area contributed by atoms with E-state index in [1.165, 1.54) is 5.56 Å². The molecule has 28 heavy (non-hydrogen) atoms. The van der Waals surface area contributed by atoms with Crippen LogP contribution in [0.3, 0.4) is 0 Å². The Labute approximate surface area is 165 Å². The number of carbonyl (C=O) groups is 1. The highest BCUT2D eigenvalue weighted by atomic mass is 16.5. The van der Waals surface area contributed by atoms with E-state index in [1.54, 1.807) is 0 Å². The highest BCUT2D eigenvalue weighted by Crippen LogP contribution is 2.29. The molecule has 3 aromatic rings. The molecule has 146 valence electrons. The maximum absolute atomic E-state index is 12.5. The van der Waals surface area contributed by atoms with E-state index in [1.807, 2.05) is 53.0 Å². The lowest BCUT2D eigenvalue weighted by molar-refractivity contribution is -0.132. The molecule has 0 N–H and O–H groups in total. The van der Waals surface area contributed by atoms with Crippen LogP contribution in [-0.4, -0.2) is 38.6 Å². The van der Waals surface area contributed by atoms with Crippen molar-refractivity contribution in [3.63, 3.8) is 0 Å². The van der Waals surface area contributed by atoms with Gasteiger partial charge in [0.15, 0.2) is 0 Å². The number of carbonyl (C=O) groups excluding carboxylic acids is 1. The fraction of sp³-hybridized carbons (Fsp3) is 0.409. The van der Waals surface area contributed by atoms with Crippen LogP contribution < -0.4 is 0 Å². The summed E-state index contributed by atoms with van der Waals surface area (Å²) < 4.78 is 7.49. The number of aromatic nitrogens is 3. The van der Waals surface area contributed by atoms with E-state index in [0.717, 1.165) is 44.5 Å². The maximum Gasteiger partial charge on any atom is 0.230 e. The van der Waals surface area contributed by atoms with Gasteiger partial charge in [-0.05, 0) is 43.4 Å². The number of aryl methyl sites for hydroxylation is 2. The van der Waals surface area contributed by atoms with Crippen LogP contribution in [0.5, 0.6) is 0 Å². The van der Waals surface area contributed by atoms with Crippen LogP contribution in [0.2, 0.25) is 0 Å². The zero-order valence-electron chi connectivity index (χ0n) is 16.3. The van der Waals surface area contributed by atoms with Crippen LogP contribution in [0, 0.1) is 0 Å². The zero-order chi connectivity index (χ0) is 19.3. The fourth-order valence-corrected chi connectivity index (χ4v) is 3.82. The van der Waals surface area contributed by atoms with Crippen molar-refractivity contribution in [1.29, 1.82) is 0 Å². The highest BCUT2D eigenvalue weighted by molar-refractivity contribution is 5.76. The summed E-state index contributed by atoms with van der Waals surface area (Å²) in [6.07, 6.45) is 6.17. The molecule has 1 saturated heterocycles. The predicted molar refractivity (Wildman–Crippen MR) is 107 cm³/mol. The SMILES string of the molecule is Cn1cccc1-c1noc(C2CCN(C(=O)CCCc3ccccc3)CC2)n1. The summed E-state index contributed by atoms with van der Waals surface area (Å²) in [5, 5.41) is 4.13. The van der Waals surface area contributed by atoms with Gasteiger partial charge in [0.25, 0.3) is 0 Å². The van der Waals surface area contributed by atoms with Gasteiger partial charge in [-0.1, -0.05) is 35.5 Å². The maximum atomic E-state index is 12.5. The third-order valence-corrected chi connectivity index (χ3v) is 5.51. The van der Waals surface area contributed by atoms with Crippen LogP contribution in [0.15, 0.2) is 53.2 Å². The number of rotatable bonds is 6. The minimum Gasteiger partial charge on any atom is -0.348 e. The van der Waals surface area contributed by atoms with Crippen molar-refractivity contribution < 1.29 is 9.32 Å². The second-order valence-electron chi connectivity index (χ2n) is 7.45. The first kappa shape index (κ1) is 18.5. The summed E-state index contributed by atoms with van der Waals surface area (Å²) in [7, 11) is 1.97. The molecule has 2 aromatic heterocycles. The summed E-state index contributed by atoms with van der Waals surface area (Å²) >= 11 is 0. The van der Waals surface area contributed by atoms with Crippen molar-refractivity contribution in [1.82, 2.24) is 19.6 Å². The van der Waals surface area contributed by atoms with Gasteiger partial charge in [-0.25, -0.2) is 0 Å². The molecule has 4 rings (SSSR count). The topological polar surface area (TPSA) is 64.2 Å². The van der Waals surface area contributed by atoms with Gasteiger partial charge in [-0.15, -0.1) is 0 Å². The molecule has 1 amide bonds. The molecule has 6 nitrogen and oxygen atoms in total. The van der Waals surface area contributed by atoms with E-state index in [4.69, 9.17) is 4.52 Å². The summed E-state index contributed by atoms with van der Waals surface area (Å²) in [5.74, 6) is 1.80. The monoisotopic (exact) mass is 378 g/mol. The molecule has 6 heteroatoms. The Balaban J connectivity index is 1.26. The number of piperidine rings is 1. The van der Waals surface area contributed by atoms with Gasteiger partial charge in [-0.3, -0.25) is 4.79 Å². The van der Waals surface area contributed by atoms with E-state index in [9.17, 15) is 4.79 Å². The average Bonchev–Trinajstić information content (AvgIpc) is 3.38. The first-order valence-corrected chi connectivity index (χ1v) is 9.98. The molecule has 0 atom stereocenters. The molecule has 1 fully saturated rings. The van der Waals surface area contributed by atoms with Crippen molar-refractivity contribution in [2.45, 2.75) is 38.0 Å². The number of amides is 1. The third kappa shape index (κ3) is 4.16. The molecule has 0 radical (unpaired) electrons. The second-order valence-corrected chi connectivity index (χ2v) is 7.45. The van der Waals surface area contributed by atoms with Crippen molar-refractivity contribution in [3.05, 3.63) is 60.1 Å². The second kappa shape index (κ2) is 8.42. The van der Waals surface area contributed by atoms with Crippen LogP contribution in [0.25, 0.3) is 11.5 Å². The fourth-order valence-electron chi connectivity index (χ4n) is 3.82. The Bertz CT molecular complexity index is 908. The van der Waals surface area contributed by atoms with Gasteiger partial charge in [-0.2, -0.15) is 4.98 Å². The summed E-state index contributed by atoms with van der Waals surface area (Å²) in [5.41, 5.74) is 2.24. The molecular formula is C22H26N4O2. The van der Waals surface area contributed by atoms with E-state index < -0.39 is 0 Å². The van der Waals surface area contributed by atoms with Gasteiger partial charge in [0, 0.05) is 38.7 Å². The number of hydrogen-bond donors (Lipinski definition) is 0. The van der Waals surface area contributed by atoms with E-state index in [-0.39, 0.29) is 11.8 Å². The minimum absolute atomic E-state index is 0.231. The minimum atomic E-state index is 0.231. The van der Waals surface area contributed by atoms with Gasteiger partial charge >= 0.3 is 0 Å². The summed E-state index contributed by atoms with van der Waals surface area (Å²) in [6, 6.07) is 14.3. The molecule has 0 unspecified atom stereocenters. The number of benzene rings is 1. The van der Waals surface area contributed by atoms with Crippen molar-refractivity contribution >= 4 is 5.91 Å². The van der Waals surface area contributed by atoms with Crippen LogP contribution in [0.4, 0.5) is 0 Å². The lowest BCUT2D eigenvalue weighted by Gasteiger charge is -2.30. The molecular weight excluding hydrogens is 352 g/mol. The molecule has 0 bridgehead atoms. The average molecular weight is 378 g/mol. The van der Waals surface area contributed by atoms with Crippen LogP contribution in [0.1, 0.15) is 43.1 Å². The zero-order valence-corrected chi connectivity index (χ0v) is 16.3. The van der Waals surface area contributed by atoms with Crippen LogP contribution in [-0.2, 0) is 18.3 Å². The molecule has 0 aliphatic carbocycles. The first-order valence-electron chi connectivity index (χ1n) is 9.98. The van der Waals surface area contributed by atoms with Gasteiger partial charge in [0.2, 0.25) is 17.6 Å². The summed E-state index contributed by atoms with van der Waals surface area (Å²) in [6.45, 7) is 1.52. The van der Waals surface area contributed by atoms with Crippen LogP contribution >= 0.6 is 0 Å². The molecule has 1 aliphatic rings. The van der Waals surface area contributed by atoms with E-state index in [2.05, 4.69) is 22.3 Å². The Morgan fingerprint density at radius 3 is 2.64 bits per heavy atom. The van der Waals surface area contributed by atoms with Crippen molar-refractivity contribution in [2.24, 2.45) is 7.05 Å². The Morgan fingerprint density at radius 2 is 1.93 bits per heavy atom. The van der Waals surface area contributed by atoms with E-state index >= 15 is 0 Å². The largest absolute Gasteiger partial charge is 0.348 e. The number of nitrogens with zero attached hydrogens (tertiary/aromatic N) is 4. The lowest BCUT2D eigenvalue weighted by Crippen LogP contribution is -2.37. The standard InChI is InChI=1S/C22H26N4O2/c1-25-14-6-10-19(25)21-23-22(28-24-21)18-12-15-26(16-13-18)20(27)11-5-9-17-7-3-2-4-8-17/h2-4,6-8,10,14,18H,5,9,11-13,15-16H2,1H3. The molecule has 0 saturated carbocycles. The lowest BCUT2D eigenvalue weighted by atomic mass is 9.96. The number of likely N-dealkylation sites (tertiary alicyclic amines) is 1. The molecule has 3 heterocycles. The van der Waals surface area contributed by atoms with Gasteiger partial charge < -0.3 is 14.0 Å². The van der Waals surface area contributed by atoms with Crippen molar-refractivity contribution in [2.75, 3.05) is 13.1 Å².